The first-order valence-electron chi connectivity index (χ1n) is 8.27. The van der Waals surface area contributed by atoms with E-state index in [9.17, 15) is 23.7 Å². The van der Waals surface area contributed by atoms with Gasteiger partial charge in [-0.15, -0.1) is 0 Å². The van der Waals surface area contributed by atoms with E-state index in [0.717, 1.165) is 24.6 Å². The predicted molar refractivity (Wildman–Crippen MR) is 97.1 cm³/mol. The molecule has 27 heavy (non-hydrogen) atoms. The Labute approximate surface area is 158 Å². The summed E-state index contributed by atoms with van der Waals surface area (Å²) in [6, 6.07) is 7.45. The first-order valence-corrected chi connectivity index (χ1v) is 8.65. The molecule has 1 fully saturated rings. The van der Waals surface area contributed by atoms with Gasteiger partial charge in [0.05, 0.1) is 15.5 Å². The van der Waals surface area contributed by atoms with Gasteiger partial charge in [-0.05, 0) is 30.5 Å². The van der Waals surface area contributed by atoms with Crippen molar-refractivity contribution >= 4 is 28.9 Å². The number of carbonyl (C=O) groups excluding carboxylic acids is 1. The second kappa shape index (κ2) is 7.87. The van der Waals surface area contributed by atoms with Crippen molar-refractivity contribution < 1.29 is 18.5 Å². The summed E-state index contributed by atoms with van der Waals surface area (Å²) in [5.74, 6) is -2.06. The van der Waals surface area contributed by atoms with Crippen LogP contribution in [0.1, 0.15) is 16.8 Å². The number of anilines is 1. The Balaban J connectivity index is 1.57. The average molecular weight is 396 g/mol. The van der Waals surface area contributed by atoms with Gasteiger partial charge in [0.15, 0.2) is 11.6 Å². The molecule has 9 heteroatoms. The Kier molecular flexibility index (Phi) is 5.55. The number of nitrogens with one attached hydrogen (secondary N) is 1. The normalized spacial score (nSPS) is 16.4. The lowest BCUT2D eigenvalue weighted by molar-refractivity contribution is -0.384. The molecule has 2 aromatic carbocycles. The smallest absolute Gasteiger partial charge is 0.270 e. The van der Waals surface area contributed by atoms with Crippen LogP contribution in [0.2, 0.25) is 5.02 Å². The summed E-state index contributed by atoms with van der Waals surface area (Å²) < 4.78 is 26.4. The zero-order valence-electron chi connectivity index (χ0n) is 14.1. The molecule has 0 saturated carbocycles. The fourth-order valence-electron chi connectivity index (χ4n) is 3.05. The van der Waals surface area contributed by atoms with Crippen LogP contribution in [0.25, 0.3) is 0 Å². The van der Waals surface area contributed by atoms with Gasteiger partial charge < -0.3 is 10.2 Å². The van der Waals surface area contributed by atoms with Gasteiger partial charge in [-0.1, -0.05) is 11.6 Å². The van der Waals surface area contributed by atoms with E-state index in [4.69, 9.17) is 11.6 Å². The third-order valence-electron chi connectivity index (χ3n) is 4.51. The fourth-order valence-corrected chi connectivity index (χ4v) is 3.31. The summed E-state index contributed by atoms with van der Waals surface area (Å²) in [6.45, 7) is 1.65. The number of nitro benzene ring substituents is 1. The SMILES string of the molecule is O=C(NCC1CCN(c2ccc(F)c(F)c2)C1)c1ccc([N+](=O)[O-])cc1Cl. The fraction of sp³-hybridized carbons (Fsp3) is 0.278. The quantitative estimate of drug-likeness (QED) is 0.617. The molecule has 142 valence electrons. The third kappa shape index (κ3) is 4.33. The average Bonchev–Trinajstić information content (AvgIpc) is 3.11. The van der Waals surface area contributed by atoms with Crippen molar-refractivity contribution in [1.82, 2.24) is 5.32 Å². The van der Waals surface area contributed by atoms with Crippen molar-refractivity contribution in [2.75, 3.05) is 24.5 Å². The highest BCUT2D eigenvalue weighted by Gasteiger charge is 2.24. The number of rotatable bonds is 5. The summed E-state index contributed by atoms with van der Waals surface area (Å²) in [6.07, 6.45) is 0.785. The molecule has 0 aliphatic carbocycles. The van der Waals surface area contributed by atoms with Gasteiger partial charge in [0.1, 0.15) is 0 Å². The number of nitrogens with zero attached hydrogens (tertiary/aromatic N) is 2. The Morgan fingerprint density at radius 3 is 2.70 bits per heavy atom. The topological polar surface area (TPSA) is 75.5 Å². The molecule has 1 aliphatic heterocycles. The Bertz CT molecular complexity index is 894. The highest BCUT2D eigenvalue weighted by atomic mass is 35.5. The molecule has 3 rings (SSSR count). The van der Waals surface area contributed by atoms with Crippen molar-refractivity contribution in [3.05, 3.63) is 68.7 Å². The molecule has 1 unspecified atom stereocenters. The van der Waals surface area contributed by atoms with Crippen molar-refractivity contribution in [3.8, 4) is 0 Å². The van der Waals surface area contributed by atoms with Crippen LogP contribution in [0.5, 0.6) is 0 Å². The molecule has 1 heterocycles. The summed E-state index contributed by atoms with van der Waals surface area (Å²) in [4.78, 5) is 24.3. The molecule has 2 aromatic rings. The van der Waals surface area contributed by atoms with Crippen LogP contribution in [0.15, 0.2) is 36.4 Å². The maximum absolute atomic E-state index is 13.4. The van der Waals surface area contributed by atoms with E-state index >= 15 is 0 Å². The van der Waals surface area contributed by atoms with Crippen LogP contribution < -0.4 is 10.2 Å². The minimum absolute atomic E-state index is 0.0107. The van der Waals surface area contributed by atoms with E-state index in [1.165, 1.54) is 18.2 Å². The number of nitro groups is 1. The van der Waals surface area contributed by atoms with Crippen LogP contribution >= 0.6 is 11.6 Å². The molecule has 6 nitrogen and oxygen atoms in total. The number of halogens is 3. The van der Waals surface area contributed by atoms with Gasteiger partial charge in [-0.25, -0.2) is 8.78 Å². The van der Waals surface area contributed by atoms with E-state index < -0.39 is 22.5 Å². The second-order valence-corrected chi connectivity index (χ2v) is 6.74. The lowest BCUT2D eigenvalue weighted by Gasteiger charge is -2.19. The molecule has 0 aromatic heterocycles. The Hall–Kier alpha value is -2.74. The largest absolute Gasteiger partial charge is 0.371 e. The van der Waals surface area contributed by atoms with Crippen molar-refractivity contribution in [2.24, 2.45) is 5.92 Å². The Morgan fingerprint density at radius 1 is 1.26 bits per heavy atom. The number of amides is 1. The predicted octanol–water partition coefficient (Wildman–Crippen LogP) is 3.78. The standard InChI is InChI=1S/C18H16ClF2N3O3/c19-15-7-13(24(26)27)1-3-14(15)18(25)22-9-11-5-6-23(10-11)12-2-4-16(20)17(21)8-12/h1-4,7-8,11H,5-6,9-10H2,(H,22,25). The van der Waals surface area contributed by atoms with Crippen LogP contribution in [-0.2, 0) is 0 Å². The van der Waals surface area contributed by atoms with Gasteiger partial charge in [0.25, 0.3) is 11.6 Å². The van der Waals surface area contributed by atoms with Gasteiger partial charge in [0, 0.05) is 43.5 Å². The third-order valence-corrected chi connectivity index (χ3v) is 4.83. The monoisotopic (exact) mass is 395 g/mol. The molecule has 0 bridgehead atoms. The summed E-state index contributed by atoms with van der Waals surface area (Å²) >= 11 is 5.95. The van der Waals surface area contributed by atoms with Crippen LogP contribution in [-0.4, -0.2) is 30.5 Å². The van der Waals surface area contributed by atoms with Gasteiger partial charge in [-0.2, -0.15) is 0 Å². The molecule has 1 saturated heterocycles. The zero-order valence-corrected chi connectivity index (χ0v) is 14.9. The van der Waals surface area contributed by atoms with E-state index in [2.05, 4.69) is 5.32 Å². The van der Waals surface area contributed by atoms with E-state index in [1.54, 1.807) is 0 Å². The first kappa shape index (κ1) is 19.0. The van der Waals surface area contributed by atoms with E-state index in [-0.39, 0.29) is 22.2 Å². The summed E-state index contributed by atoms with van der Waals surface area (Å²) in [5.41, 5.74) is 0.577. The Morgan fingerprint density at radius 2 is 2.04 bits per heavy atom. The second-order valence-electron chi connectivity index (χ2n) is 6.33. The van der Waals surface area contributed by atoms with E-state index in [1.807, 2.05) is 4.90 Å². The first-order chi connectivity index (χ1) is 12.8. The molecule has 1 aliphatic rings. The maximum Gasteiger partial charge on any atom is 0.270 e. The number of hydrogen-bond donors (Lipinski definition) is 1. The van der Waals surface area contributed by atoms with Crippen LogP contribution in [0, 0.1) is 27.7 Å². The molecular formula is C18H16ClF2N3O3. The van der Waals surface area contributed by atoms with Gasteiger partial charge in [0.2, 0.25) is 0 Å². The molecular weight excluding hydrogens is 380 g/mol. The lowest BCUT2D eigenvalue weighted by Crippen LogP contribution is -2.31. The zero-order chi connectivity index (χ0) is 19.6. The maximum atomic E-state index is 13.4. The molecule has 1 amide bonds. The van der Waals surface area contributed by atoms with Crippen molar-refractivity contribution in [2.45, 2.75) is 6.42 Å². The lowest BCUT2D eigenvalue weighted by atomic mass is 10.1. The molecule has 0 spiro atoms. The van der Waals surface area contributed by atoms with Crippen molar-refractivity contribution in [3.63, 3.8) is 0 Å². The number of non-ortho nitro benzene ring substituents is 1. The summed E-state index contributed by atoms with van der Waals surface area (Å²) in [7, 11) is 0. The van der Waals surface area contributed by atoms with Crippen LogP contribution in [0.4, 0.5) is 20.2 Å². The molecule has 1 atom stereocenters. The highest BCUT2D eigenvalue weighted by Crippen LogP contribution is 2.26. The minimum atomic E-state index is -0.892. The molecule has 1 N–H and O–H groups in total. The summed E-state index contributed by atoms with van der Waals surface area (Å²) in [5, 5.41) is 13.5. The number of carbonyl (C=O) groups is 1. The molecule has 0 radical (unpaired) electrons. The number of hydrogen-bond acceptors (Lipinski definition) is 4. The van der Waals surface area contributed by atoms with Gasteiger partial charge in [-0.3, -0.25) is 14.9 Å². The minimum Gasteiger partial charge on any atom is -0.371 e. The highest BCUT2D eigenvalue weighted by molar-refractivity contribution is 6.34. The van der Waals surface area contributed by atoms with Crippen molar-refractivity contribution in [1.29, 1.82) is 0 Å². The van der Waals surface area contributed by atoms with E-state index in [0.29, 0.717) is 25.3 Å². The van der Waals surface area contributed by atoms with Gasteiger partial charge >= 0.3 is 0 Å². The number of benzene rings is 2. The van der Waals surface area contributed by atoms with Crippen LogP contribution in [0.3, 0.4) is 0 Å².